The highest BCUT2D eigenvalue weighted by atomic mass is 16.6. The fraction of sp³-hybridized carbons (Fsp3) is 0.435. The molecule has 0 spiro atoms. The molecular formula is C23H25N3O5. The molecule has 1 N–H and O–H groups in total. The first-order valence-corrected chi connectivity index (χ1v) is 10.8. The predicted molar refractivity (Wildman–Crippen MR) is 113 cm³/mol. The largest absolute Gasteiger partial charge is 0.486 e. The molecule has 5 rings (SSSR count). The number of hydrogen-bond donors (Lipinski definition) is 1. The van der Waals surface area contributed by atoms with E-state index >= 15 is 0 Å². The zero-order valence-electron chi connectivity index (χ0n) is 17.5. The average molecular weight is 423 g/mol. The van der Waals surface area contributed by atoms with Crippen LogP contribution in [0.4, 0.5) is 0 Å². The van der Waals surface area contributed by atoms with Crippen LogP contribution < -0.4 is 15.0 Å². The highest BCUT2D eigenvalue weighted by Gasteiger charge is 2.33. The van der Waals surface area contributed by atoms with Crippen LogP contribution in [0.3, 0.4) is 0 Å². The summed E-state index contributed by atoms with van der Waals surface area (Å²) in [5.74, 6) is 0.696. The van der Waals surface area contributed by atoms with Crippen LogP contribution in [-0.4, -0.2) is 58.9 Å². The summed E-state index contributed by atoms with van der Waals surface area (Å²) >= 11 is 0. The third-order valence-electron chi connectivity index (χ3n) is 6.40. The van der Waals surface area contributed by atoms with Gasteiger partial charge in [-0.1, -0.05) is 6.07 Å². The van der Waals surface area contributed by atoms with E-state index in [2.05, 4.69) is 4.98 Å². The van der Waals surface area contributed by atoms with Gasteiger partial charge in [0.15, 0.2) is 11.5 Å². The van der Waals surface area contributed by atoms with Crippen molar-refractivity contribution in [3.05, 3.63) is 57.0 Å². The highest BCUT2D eigenvalue weighted by Crippen LogP contribution is 2.35. The first-order valence-electron chi connectivity index (χ1n) is 10.8. The molecule has 0 radical (unpaired) electrons. The van der Waals surface area contributed by atoms with Gasteiger partial charge in [-0.2, -0.15) is 0 Å². The molecule has 8 nitrogen and oxygen atoms in total. The van der Waals surface area contributed by atoms with E-state index in [-0.39, 0.29) is 29.0 Å². The van der Waals surface area contributed by atoms with Crippen LogP contribution in [0.25, 0.3) is 0 Å². The van der Waals surface area contributed by atoms with E-state index in [0.717, 1.165) is 24.0 Å². The molecule has 31 heavy (non-hydrogen) atoms. The minimum atomic E-state index is -0.356. The second-order valence-corrected chi connectivity index (χ2v) is 8.29. The molecule has 0 bridgehead atoms. The molecule has 1 fully saturated rings. The van der Waals surface area contributed by atoms with Gasteiger partial charge >= 0.3 is 0 Å². The Balaban J connectivity index is 1.44. The van der Waals surface area contributed by atoms with Gasteiger partial charge < -0.3 is 24.3 Å². The van der Waals surface area contributed by atoms with Gasteiger partial charge in [0, 0.05) is 31.9 Å². The lowest BCUT2D eigenvalue weighted by Crippen LogP contribution is -2.41. The van der Waals surface area contributed by atoms with E-state index in [1.165, 1.54) is 0 Å². The molecule has 4 heterocycles. The fourth-order valence-corrected chi connectivity index (χ4v) is 4.76. The number of aromatic nitrogens is 1. The number of para-hydroxylation sites is 1. The number of benzene rings is 1. The second kappa shape index (κ2) is 7.76. The van der Waals surface area contributed by atoms with E-state index in [0.29, 0.717) is 56.3 Å². The normalized spacial score (nSPS) is 19.8. The number of nitrogens with one attached hydrogen (secondary N) is 1. The number of amides is 2. The van der Waals surface area contributed by atoms with Crippen LogP contribution >= 0.6 is 0 Å². The Morgan fingerprint density at radius 2 is 1.97 bits per heavy atom. The summed E-state index contributed by atoms with van der Waals surface area (Å²) in [5.41, 5.74) is 1.90. The summed E-state index contributed by atoms with van der Waals surface area (Å²) < 4.78 is 11.3. The number of hydrogen-bond acceptors (Lipinski definition) is 5. The molecule has 1 saturated heterocycles. The first-order chi connectivity index (χ1) is 15.0. The van der Waals surface area contributed by atoms with Crippen LogP contribution in [0, 0.1) is 0 Å². The zero-order valence-corrected chi connectivity index (χ0v) is 17.5. The van der Waals surface area contributed by atoms with E-state index < -0.39 is 0 Å². The van der Waals surface area contributed by atoms with Gasteiger partial charge in [0.2, 0.25) is 0 Å². The van der Waals surface area contributed by atoms with E-state index in [1.807, 2.05) is 6.92 Å². The van der Waals surface area contributed by atoms with Crippen LogP contribution in [-0.2, 0) is 13.0 Å². The van der Waals surface area contributed by atoms with Crippen LogP contribution in [0.15, 0.2) is 29.2 Å². The van der Waals surface area contributed by atoms with Gasteiger partial charge in [-0.3, -0.25) is 14.4 Å². The Morgan fingerprint density at radius 3 is 2.77 bits per heavy atom. The maximum atomic E-state index is 13.3. The van der Waals surface area contributed by atoms with Gasteiger partial charge in [-0.15, -0.1) is 0 Å². The van der Waals surface area contributed by atoms with Crippen molar-refractivity contribution in [2.45, 2.75) is 38.8 Å². The minimum Gasteiger partial charge on any atom is -0.486 e. The number of rotatable bonds is 2. The molecular weight excluding hydrogens is 398 g/mol. The minimum absolute atomic E-state index is 0.135. The number of nitrogens with zero attached hydrogens (tertiary/aromatic N) is 2. The maximum Gasteiger partial charge on any atom is 0.261 e. The molecule has 1 atom stereocenters. The average Bonchev–Trinajstić information content (AvgIpc) is 3.23. The van der Waals surface area contributed by atoms with Crippen molar-refractivity contribution in [1.29, 1.82) is 0 Å². The Labute approximate surface area is 179 Å². The highest BCUT2D eigenvalue weighted by molar-refractivity contribution is 5.99. The number of ether oxygens (including phenoxy) is 2. The summed E-state index contributed by atoms with van der Waals surface area (Å²) in [6, 6.07) is 5.45. The third-order valence-corrected chi connectivity index (χ3v) is 6.40. The summed E-state index contributed by atoms with van der Waals surface area (Å²) in [6.45, 7) is 4.31. The molecule has 2 amide bonds. The Morgan fingerprint density at radius 1 is 1.13 bits per heavy atom. The van der Waals surface area contributed by atoms with Crippen molar-refractivity contribution in [3.63, 3.8) is 0 Å². The Bertz CT molecular complexity index is 1110. The Hall–Kier alpha value is -3.29. The van der Waals surface area contributed by atoms with Gasteiger partial charge in [0.1, 0.15) is 18.8 Å². The van der Waals surface area contributed by atoms with E-state index in [1.54, 1.807) is 34.2 Å². The fourth-order valence-electron chi connectivity index (χ4n) is 4.76. The summed E-state index contributed by atoms with van der Waals surface area (Å²) in [5, 5.41) is 0. The number of aromatic amines is 1. The monoisotopic (exact) mass is 423 g/mol. The van der Waals surface area contributed by atoms with Crippen molar-refractivity contribution < 1.29 is 19.1 Å². The number of likely N-dealkylation sites (tertiary alicyclic amines) is 1. The molecule has 0 saturated carbocycles. The third kappa shape index (κ3) is 3.36. The van der Waals surface area contributed by atoms with Gasteiger partial charge in [-0.25, -0.2) is 0 Å². The van der Waals surface area contributed by atoms with Crippen LogP contribution in [0.5, 0.6) is 11.5 Å². The Kier molecular flexibility index (Phi) is 4.92. The van der Waals surface area contributed by atoms with Crippen molar-refractivity contribution in [2.75, 3.05) is 26.3 Å². The van der Waals surface area contributed by atoms with Gasteiger partial charge in [0.25, 0.3) is 17.4 Å². The van der Waals surface area contributed by atoms with Crippen LogP contribution in [0.1, 0.15) is 51.6 Å². The molecule has 2 aromatic rings. The lowest BCUT2D eigenvalue weighted by molar-refractivity contribution is 0.0721. The molecule has 1 unspecified atom stereocenters. The lowest BCUT2D eigenvalue weighted by Gasteiger charge is -2.31. The molecule has 162 valence electrons. The topological polar surface area (TPSA) is 91.9 Å². The summed E-state index contributed by atoms with van der Waals surface area (Å²) in [7, 11) is 0. The van der Waals surface area contributed by atoms with Crippen LogP contribution in [0.2, 0.25) is 0 Å². The van der Waals surface area contributed by atoms with E-state index in [9.17, 15) is 14.4 Å². The summed E-state index contributed by atoms with van der Waals surface area (Å²) in [4.78, 5) is 45.2. The molecule has 1 aromatic carbocycles. The number of fused-ring (bicyclic) bond motifs is 2. The van der Waals surface area contributed by atoms with Crippen molar-refractivity contribution in [2.24, 2.45) is 0 Å². The zero-order chi connectivity index (χ0) is 21.5. The van der Waals surface area contributed by atoms with Crippen molar-refractivity contribution >= 4 is 11.8 Å². The van der Waals surface area contributed by atoms with Gasteiger partial charge in [0.05, 0.1) is 5.56 Å². The lowest BCUT2D eigenvalue weighted by atomic mass is 9.95. The van der Waals surface area contributed by atoms with Crippen molar-refractivity contribution in [1.82, 2.24) is 14.8 Å². The second-order valence-electron chi connectivity index (χ2n) is 8.29. The number of pyridine rings is 1. The van der Waals surface area contributed by atoms with E-state index in [4.69, 9.17) is 9.47 Å². The van der Waals surface area contributed by atoms with Gasteiger partial charge in [-0.05, 0) is 49.4 Å². The predicted octanol–water partition coefficient (Wildman–Crippen LogP) is 1.97. The molecule has 3 aliphatic heterocycles. The molecule has 3 aliphatic rings. The smallest absolute Gasteiger partial charge is 0.261 e. The number of carbonyl (C=O) groups is 2. The molecule has 1 aromatic heterocycles. The molecule has 0 aliphatic carbocycles. The first kappa shape index (κ1) is 19.7. The maximum absolute atomic E-state index is 13.3. The number of carbonyl (C=O) groups excluding carboxylic acids is 2. The standard InChI is InChI=1S/C23H25N3O5/c1-14-4-3-8-26(14)23(29)19-16-7-9-25(13-15(16)12-24-21(19)27)22(28)17-5-2-6-18-20(17)31-11-10-30-18/h2,5-6,12,14H,3-4,7-11,13H2,1H3,(H,24,27). The summed E-state index contributed by atoms with van der Waals surface area (Å²) in [6.07, 6.45) is 3.99. The SMILES string of the molecule is CC1CCCN1C(=O)c1c2c(c[nH]c1=O)CN(C(=O)c1cccc3c1OCCO3)CC2. The quantitative estimate of drug-likeness (QED) is 0.797. The number of H-pyrrole nitrogens is 1. The molecule has 8 heteroatoms. The van der Waals surface area contributed by atoms with Crippen molar-refractivity contribution in [3.8, 4) is 11.5 Å².